The Morgan fingerprint density at radius 1 is 1.03 bits per heavy atom. The summed E-state index contributed by atoms with van der Waals surface area (Å²) < 4.78 is 0. The smallest absolute Gasteiger partial charge is 0.0917 e. The van der Waals surface area contributed by atoms with Gasteiger partial charge in [0.05, 0.1) is 41.2 Å². The minimum absolute atomic E-state index is 0.0232. The SMILES string of the molecule is CC(C)(O)CCC(O)[C@](C)(O)C1CCC2(O)C3=CC(O)C4C[C@@H](O)C(O)CC4(C)C3CCC12C. The van der Waals surface area contributed by atoms with Crippen molar-refractivity contribution < 1.29 is 35.7 Å². The van der Waals surface area contributed by atoms with Crippen LogP contribution in [0.2, 0.25) is 0 Å². The Balaban J connectivity index is 1.66. The van der Waals surface area contributed by atoms with Gasteiger partial charge >= 0.3 is 0 Å². The van der Waals surface area contributed by atoms with Gasteiger partial charge in [0.2, 0.25) is 0 Å². The highest BCUT2D eigenvalue weighted by Gasteiger charge is 2.69. The summed E-state index contributed by atoms with van der Waals surface area (Å²) in [4.78, 5) is 0. The fourth-order valence-electron chi connectivity index (χ4n) is 8.53. The summed E-state index contributed by atoms with van der Waals surface area (Å²) in [6.07, 6.45) is 1.94. The zero-order valence-electron chi connectivity index (χ0n) is 21.4. The molecule has 196 valence electrons. The second-order valence-electron chi connectivity index (χ2n) is 13.4. The van der Waals surface area contributed by atoms with Gasteiger partial charge in [-0.15, -0.1) is 0 Å². The largest absolute Gasteiger partial charge is 0.390 e. The van der Waals surface area contributed by atoms with E-state index in [1.165, 1.54) is 0 Å². The van der Waals surface area contributed by atoms with Crippen LogP contribution >= 0.6 is 0 Å². The highest BCUT2D eigenvalue weighted by Crippen LogP contribution is 2.69. The Bertz CT molecular complexity index is 818. The van der Waals surface area contributed by atoms with Crippen molar-refractivity contribution >= 4 is 0 Å². The monoisotopic (exact) mass is 482 g/mol. The van der Waals surface area contributed by atoms with Gasteiger partial charge in [-0.2, -0.15) is 0 Å². The van der Waals surface area contributed by atoms with Crippen molar-refractivity contribution in [2.24, 2.45) is 28.6 Å². The van der Waals surface area contributed by atoms with E-state index < -0.39 is 52.0 Å². The van der Waals surface area contributed by atoms with Gasteiger partial charge in [0.25, 0.3) is 0 Å². The summed E-state index contributed by atoms with van der Waals surface area (Å²) in [5.41, 5.74) is -3.93. The van der Waals surface area contributed by atoms with Gasteiger partial charge in [-0.3, -0.25) is 0 Å². The molecule has 0 amide bonds. The number of rotatable bonds is 5. The van der Waals surface area contributed by atoms with Crippen LogP contribution in [0, 0.1) is 28.6 Å². The summed E-state index contributed by atoms with van der Waals surface area (Å²) in [5, 5.41) is 76.7. The van der Waals surface area contributed by atoms with E-state index in [4.69, 9.17) is 0 Å². The molecule has 4 aliphatic rings. The fourth-order valence-corrected chi connectivity index (χ4v) is 8.53. The van der Waals surface area contributed by atoms with Crippen molar-refractivity contribution in [1.29, 1.82) is 0 Å². The molecule has 3 saturated carbocycles. The lowest BCUT2D eigenvalue weighted by Crippen LogP contribution is -2.63. The molecule has 34 heavy (non-hydrogen) atoms. The molecule has 0 bridgehead atoms. The molecule has 0 aromatic rings. The van der Waals surface area contributed by atoms with Gasteiger partial charge in [0.1, 0.15) is 0 Å². The summed E-state index contributed by atoms with van der Waals surface area (Å²) >= 11 is 0. The average Bonchev–Trinajstić information content (AvgIpc) is 3.00. The maximum Gasteiger partial charge on any atom is 0.0917 e. The molecule has 0 saturated heterocycles. The number of hydrogen-bond donors (Lipinski definition) is 7. The van der Waals surface area contributed by atoms with Crippen molar-refractivity contribution in [3.63, 3.8) is 0 Å². The first-order valence-corrected chi connectivity index (χ1v) is 13.1. The molecule has 7 N–H and O–H groups in total. The van der Waals surface area contributed by atoms with Crippen LogP contribution in [0.1, 0.15) is 86.0 Å². The third kappa shape index (κ3) is 3.82. The molecule has 0 aromatic carbocycles. The predicted octanol–water partition coefficient (Wildman–Crippen LogP) is 1.65. The minimum atomic E-state index is -1.44. The Labute approximate surface area is 203 Å². The van der Waals surface area contributed by atoms with Crippen LogP contribution in [0.4, 0.5) is 0 Å². The summed E-state index contributed by atoms with van der Waals surface area (Å²) in [6, 6.07) is 0. The quantitative estimate of drug-likeness (QED) is 0.295. The Morgan fingerprint density at radius 2 is 1.68 bits per heavy atom. The first-order valence-electron chi connectivity index (χ1n) is 13.1. The molecule has 0 aliphatic heterocycles. The van der Waals surface area contributed by atoms with Crippen LogP contribution < -0.4 is 0 Å². The molecule has 0 aromatic heterocycles. The first kappa shape index (κ1) is 26.5. The Kier molecular flexibility index (Phi) is 6.42. The zero-order chi connectivity index (χ0) is 25.5. The Hall–Kier alpha value is -0.540. The van der Waals surface area contributed by atoms with Gasteiger partial charge in [-0.1, -0.05) is 19.9 Å². The lowest BCUT2D eigenvalue weighted by atomic mass is 9.45. The third-order valence-electron chi connectivity index (χ3n) is 10.7. The van der Waals surface area contributed by atoms with Crippen molar-refractivity contribution in [1.82, 2.24) is 0 Å². The third-order valence-corrected chi connectivity index (χ3v) is 10.7. The molecule has 4 aliphatic carbocycles. The van der Waals surface area contributed by atoms with Crippen molar-refractivity contribution in [3.8, 4) is 0 Å². The highest BCUT2D eigenvalue weighted by atomic mass is 16.3. The van der Waals surface area contributed by atoms with Gasteiger partial charge in [0, 0.05) is 5.41 Å². The zero-order valence-corrected chi connectivity index (χ0v) is 21.4. The van der Waals surface area contributed by atoms with Crippen LogP contribution in [-0.2, 0) is 0 Å². The van der Waals surface area contributed by atoms with Crippen LogP contribution in [0.15, 0.2) is 11.6 Å². The van der Waals surface area contributed by atoms with Crippen molar-refractivity contribution in [2.75, 3.05) is 0 Å². The average molecular weight is 483 g/mol. The predicted molar refractivity (Wildman–Crippen MR) is 128 cm³/mol. The second-order valence-corrected chi connectivity index (χ2v) is 13.4. The summed E-state index contributed by atoms with van der Waals surface area (Å²) in [5.74, 6) is -0.563. The van der Waals surface area contributed by atoms with E-state index in [-0.39, 0.29) is 24.2 Å². The van der Waals surface area contributed by atoms with Gasteiger partial charge in [0.15, 0.2) is 0 Å². The molecule has 0 radical (unpaired) electrons. The maximum atomic E-state index is 12.3. The molecule has 0 spiro atoms. The lowest BCUT2D eigenvalue weighted by molar-refractivity contribution is -0.181. The maximum absolute atomic E-state index is 12.3. The number of aliphatic hydroxyl groups excluding tert-OH is 4. The summed E-state index contributed by atoms with van der Waals surface area (Å²) in [6.45, 7) is 9.08. The van der Waals surface area contributed by atoms with Gasteiger partial charge in [-0.25, -0.2) is 0 Å². The van der Waals surface area contributed by atoms with Crippen LogP contribution in [0.25, 0.3) is 0 Å². The van der Waals surface area contributed by atoms with Crippen LogP contribution in [0.5, 0.6) is 0 Å². The number of hydrogen-bond acceptors (Lipinski definition) is 7. The van der Waals surface area contributed by atoms with E-state index in [0.717, 1.165) is 12.0 Å². The van der Waals surface area contributed by atoms with E-state index in [2.05, 4.69) is 6.92 Å². The number of aliphatic hydroxyl groups is 7. The molecule has 7 heteroatoms. The Morgan fingerprint density at radius 3 is 2.29 bits per heavy atom. The van der Waals surface area contributed by atoms with Gasteiger partial charge in [-0.05, 0) is 101 Å². The molecule has 4 rings (SSSR count). The van der Waals surface area contributed by atoms with E-state index in [1.54, 1.807) is 26.8 Å². The van der Waals surface area contributed by atoms with Crippen molar-refractivity contribution in [3.05, 3.63) is 11.6 Å². The fraction of sp³-hybridized carbons (Fsp3) is 0.926. The molecule has 11 atom stereocenters. The summed E-state index contributed by atoms with van der Waals surface area (Å²) in [7, 11) is 0. The van der Waals surface area contributed by atoms with E-state index >= 15 is 0 Å². The van der Waals surface area contributed by atoms with E-state index in [0.29, 0.717) is 38.5 Å². The van der Waals surface area contributed by atoms with E-state index in [9.17, 15) is 35.7 Å². The first-order chi connectivity index (χ1) is 15.5. The molecule has 3 fully saturated rings. The molecule has 7 nitrogen and oxygen atoms in total. The topological polar surface area (TPSA) is 142 Å². The van der Waals surface area contributed by atoms with Crippen LogP contribution in [0.3, 0.4) is 0 Å². The molecular weight excluding hydrogens is 436 g/mol. The molecule has 9 unspecified atom stereocenters. The van der Waals surface area contributed by atoms with E-state index in [1.807, 2.05) is 6.92 Å². The molecule has 0 heterocycles. The van der Waals surface area contributed by atoms with Crippen LogP contribution in [-0.4, -0.2) is 77.0 Å². The van der Waals surface area contributed by atoms with Gasteiger partial charge < -0.3 is 35.7 Å². The normalized spacial score (nSPS) is 49.4. The standard InChI is InChI=1S/C27H46O7/c1-23(2,32)9-8-22(31)26(5,33)21-7-11-27(34)16-12-18(28)17-13-19(29)20(30)14-24(17,3)15(16)6-10-25(21,27)4/h12,15,17-22,28-34H,6-11,13-14H2,1-5H3/t15?,17?,18?,19-,20?,21?,22?,24?,25?,26-,27?/m1/s1. The molecular formula is C27H46O7. The highest BCUT2D eigenvalue weighted by molar-refractivity contribution is 5.37. The minimum Gasteiger partial charge on any atom is -0.390 e. The number of fused-ring (bicyclic) bond motifs is 5. The lowest BCUT2D eigenvalue weighted by Gasteiger charge is -2.62. The van der Waals surface area contributed by atoms with Crippen molar-refractivity contribution in [2.45, 2.75) is 127 Å². The second kappa shape index (κ2) is 8.23.